The first kappa shape index (κ1) is 20.6. The molecule has 0 saturated carbocycles. The van der Waals surface area contributed by atoms with E-state index < -0.39 is 30.0 Å². The van der Waals surface area contributed by atoms with Crippen LogP contribution in [0.15, 0.2) is 53.5 Å². The normalized spacial score (nSPS) is 12.1. The highest BCUT2D eigenvalue weighted by molar-refractivity contribution is 6.30. The van der Waals surface area contributed by atoms with Gasteiger partial charge in [0.15, 0.2) is 0 Å². The highest BCUT2D eigenvalue weighted by Gasteiger charge is 2.29. The lowest BCUT2D eigenvalue weighted by Gasteiger charge is -2.08. The van der Waals surface area contributed by atoms with E-state index in [0.717, 1.165) is 12.1 Å². The number of hydrogen-bond donors (Lipinski definition) is 1. The lowest BCUT2D eigenvalue weighted by Crippen LogP contribution is -2.14. The van der Waals surface area contributed by atoms with Crippen LogP contribution >= 0.6 is 11.6 Å². The molecule has 0 radical (unpaired) electrons. The Labute approximate surface area is 158 Å². The fourth-order valence-electron chi connectivity index (χ4n) is 2.40. The average Bonchev–Trinajstić information content (AvgIpc) is 2.53. The molecule has 0 aliphatic carbocycles. The molecule has 1 N–H and O–H groups in total. The number of nitrogens with zero attached hydrogens (tertiary/aromatic N) is 1. The van der Waals surface area contributed by atoms with Gasteiger partial charge in [-0.05, 0) is 35.4 Å². The zero-order valence-electron chi connectivity index (χ0n) is 14.0. The summed E-state index contributed by atoms with van der Waals surface area (Å²) in [6.45, 7) is 0. The average molecular weight is 398 g/mol. The number of aliphatic carboxylic acids is 1. The molecule has 8 heteroatoms. The van der Waals surface area contributed by atoms with Crippen molar-refractivity contribution in [2.24, 2.45) is 4.99 Å². The molecule has 0 saturated heterocycles. The van der Waals surface area contributed by atoms with Crippen LogP contribution in [0.3, 0.4) is 0 Å². The van der Waals surface area contributed by atoms with Crippen molar-refractivity contribution in [3.05, 3.63) is 70.2 Å². The molecular formula is C19H15ClF3NO3. The standard InChI is InChI=1S/C19H15ClF3NO3/c20-15-3-1-2-13(8-15)10-17(25)24-16(11-18(26)27)9-12-4-6-14(7-5-12)19(21,22)23/h1-8H,9-11H2,(H,26,27). The SMILES string of the molecule is O=C(O)CC(Cc1ccc(C(F)(F)F)cc1)=NC(=O)Cc1cccc(Cl)c1. The number of aliphatic imine (C=N–C) groups is 1. The second kappa shape index (κ2) is 8.81. The smallest absolute Gasteiger partial charge is 0.416 e. The molecular weight excluding hydrogens is 383 g/mol. The van der Waals surface area contributed by atoms with Crippen LogP contribution in [0.4, 0.5) is 13.2 Å². The minimum Gasteiger partial charge on any atom is -0.481 e. The van der Waals surface area contributed by atoms with Gasteiger partial charge in [-0.25, -0.2) is 4.99 Å². The Balaban J connectivity index is 2.15. The number of carbonyl (C=O) groups excluding carboxylic acids is 1. The Morgan fingerprint density at radius 1 is 1.00 bits per heavy atom. The van der Waals surface area contributed by atoms with Crippen LogP contribution in [0, 0.1) is 0 Å². The molecule has 0 aliphatic rings. The maximum atomic E-state index is 12.6. The van der Waals surface area contributed by atoms with Crippen molar-refractivity contribution in [2.45, 2.75) is 25.4 Å². The van der Waals surface area contributed by atoms with Crippen LogP contribution in [0.5, 0.6) is 0 Å². The van der Waals surface area contributed by atoms with E-state index in [4.69, 9.17) is 16.7 Å². The predicted molar refractivity (Wildman–Crippen MR) is 95.0 cm³/mol. The van der Waals surface area contributed by atoms with Gasteiger partial charge in [0.1, 0.15) is 0 Å². The maximum absolute atomic E-state index is 12.6. The Kier molecular flexibility index (Phi) is 6.74. The minimum atomic E-state index is -4.45. The number of carboxylic acid groups (broad SMARTS) is 1. The number of halogens is 4. The molecule has 0 spiro atoms. The monoisotopic (exact) mass is 397 g/mol. The van der Waals surface area contributed by atoms with Gasteiger partial charge < -0.3 is 5.11 Å². The van der Waals surface area contributed by atoms with Gasteiger partial charge in [-0.1, -0.05) is 35.9 Å². The van der Waals surface area contributed by atoms with E-state index in [1.807, 2.05) is 0 Å². The molecule has 0 aliphatic heterocycles. The summed E-state index contributed by atoms with van der Waals surface area (Å²) in [5.41, 5.74) is 0.313. The molecule has 27 heavy (non-hydrogen) atoms. The van der Waals surface area contributed by atoms with E-state index in [1.54, 1.807) is 24.3 Å². The molecule has 0 bridgehead atoms. The molecule has 0 heterocycles. The van der Waals surface area contributed by atoms with E-state index in [1.165, 1.54) is 12.1 Å². The third kappa shape index (κ3) is 6.86. The fraction of sp³-hybridized carbons (Fsp3) is 0.211. The Hall–Kier alpha value is -2.67. The number of carboxylic acids is 1. The quantitative estimate of drug-likeness (QED) is 0.725. The zero-order valence-corrected chi connectivity index (χ0v) is 14.7. The van der Waals surface area contributed by atoms with Gasteiger partial charge in [0.05, 0.1) is 18.4 Å². The number of alkyl halides is 3. The summed E-state index contributed by atoms with van der Waals surface area (Å²) in [7, 11) is 0. The Morgan fingerprint density at radius 3 is 2.22 bits per heavy atom. The molecule has 142 valence electrons. The number of carbonyl (C=O) groups is 2. The highest BCUT2D eigenvalue weighted by Crippen LogP contribution is 2.29. The summed E-state index contributed by atoms with van der Waals surface area (Å²) in [4.78, 5) is 27.0. The third-order valence-corrected chi connectivity index (χ3v) is 3.81. The summed E-state index contributed by atoms with van der Waals surface area (Å²) in [5, 5.41) is 9.45. The fourth-order valence-corrected chi connectivity index (χ4v) is 2.61. The zero-order chi connectivity index (χ0) is 20.0. The first-order valence-electron chi connectivity index (χ1n) is 7.85. The van der Waals surface area contributed by atoms with Gasteiger partial charge in [0.25, 0.3) is 0 Å². The molecule has 4 nitrogen and oxygen atoms in total. The minimum absolute atomic E-state index is 0.0360. The summed E-state index contributed by atoms with van der Waals surface area (Å²) < 4.78 is 37.8. The number of benzene rings is 2. The largest absolute Gasteiger partial charge is 0.481 e. The van der Waals surface area contributed by atoms with Crippen LogP contribution < -0.4 is 0 Å². The number of amides is 1. The summed E-state index contributed by atoms with van der Waals surface area (Å²) in [6.07, 6.45) is -5.03. The van der Waals surface area contributed by atoms with Gasteiger partial charge in [0.2, 0.25) is 5.91 Å². The van der Waals surface area contributed by atoms with E-state index in [0.29, 0.717) is 16.1 Å². The van der Waals surface area contributed by atoms with Gasteiger partial charge >= 0.3 is 12.1 Å². The van der Waals surface area contributed by atoms with Crippen LogP contribution in [-0.2, 0) is 28.6 Å². The van der Waals surface area contributed by atoms with E-state index in [2.05, 4.69) is 4.99 Å². The van der Waals surface area contributed by atoms with E-state index in [-0.39, 0.29) is 18.6 Å². The molecule has 2 aromatic carbocycles. The lowest BCUT2D eigenvalue weighted by atomic mass is 10.0. The highest BCUT2D eigenvalue weighted by atomic mass is 35.5. The van der Waals surface area contributed by atoms with E-state index >= 15 is 0 Å². The van der Waals surface area contributed by atoms with Crippen molar-refractivity contribution in [1.29, 1.82) is 0 Å². The summed E-state index contributed by atoms with van der Waals surface area (Å²) in [5.74, 6) is -1.74. The van der Waals surface area contributed by atoms with Crippen LogP contribution in [0.25, 0.3) is 0 Å². The molecule has 0 atom stereocenters. The van der Waals surface area contributed by atoms with Gasteiger partial charge in [-0.3, -0.25) is 9.59 Å². The first-order valence-corrected chi connectivity index (χ1v) is 8.23. The number of rotatable bonds is 6. The topological polar surface area (TPSA) is 66.7 Å². The molecule has 2 aromatic rings. The number of hydrogen-bond acceptors (Lipinski definition) is 2. The van der Waals surface area contributed by atoms with Crippen LogP contribution in [-0.4, -0.2) is 22.7 Å². The Bertz CT molecular complexity index is 861. The van der Waals surface area contributed by atoms with Crippen molar-refractivity contribution in [2.75, 3.05) is 0 Å². The van der Waals surface area contributed by atoms with Crippen molar-refractivity contribution in [3.63, 3.8) is 0 Å². The predicted octanol–water partition coefficient (Wildman–Crippen LogP) is 4.59. The van der Waals surface area contributed by atoms with Crippen molar-refractivity contribution >= 4 is 29.2 Å². The molecule has 0 unspecified atom stereocenters. The lowest BCUT2D eigenvalue weighted by molar-refractivity contribution is -0.138. The van der Waals surface area contributed by atoms with Gasteiger partial charge in [-0.15, -0.1) is 0 Å². The Morgan fingerprint density at radius 2 is 1.67 bits per heavy atom. The van der Waals surface area contributed by atoms with Crippen molar-refractivity contribution in [1.82, 2.24) is 0 Å². The van der Waals surface area contributed by atoms with Gasteiger partial charge in [0, 0.05) is 17.2 Å². The molecule has 1 amide bonds. The van der Waals surface area contributed by atoms with Gasteiger partial charge in [-0.2, -0.15) is 13.2 Å². The van der Waals surface area contributed by atoms with Crippen LogP contribution in [0.1, 0.15) is 23.1 Å². The van der Waals surface area contributed by atoms with Crippen molar-refractivity contribution in [3.8, 4) is 0 Å². The first-order chi connectivity index (χ1) is 12.6. The summed E-state index contributed by atoms with van der Waals surface area (Å²) in [6, 6.07) is 10.9. The van der Waals surface area contributed by atoms with Crippen LogP contribution in [0.2, 0.25) is 5.02 Å². The molecule has 0 fully saturated rings. The molecule has 2 rings (SSSR count). The summed E-state index contributed by atoms with van der Waals surface area (Å²) >= 11 is 5.85. The second-order valence-electron chi connectivity index (χ2n) is 5.82. The van der Waals surface area contributed by atoms with E-state index in [9.17, 15) is 22.8 Å². The second-order valence-corrected chi connectivity index (χ2v) is 6.26. The molecule has 0 aromatic heterocycles. The van der Waals surface area contributed by atoms with Crippen molar-refractivity contribution < 1.29 is 27.9 Å². The third-order valence-electron chi connectivity index (χ3n) is 3.57. The maximum Gasteiger partial charge on any atom is 0.416 e.